The van der Waals surface area contributed by atoms with Crippen molar-refractivity contribution >= 4 is 27.5 Å². The van der Waals surface area contributed by atoms with Crippen molar-refractivity contribution in [1.29, 1.82) is 0 Å². The Hall–Kier alpha value is -3.85. The number of para-hydroxylation sites is 1. The molecular formula is C34H43N3O5S. The zero-order chi connectivity index (χ0) is 30.8. The van der Waals surface area contributed by atoms with E-state index in [0.717, 1.165) is 42.4 Å². The molecule has 1 unspecified atom stereocenters. The molecule has 0 spiro atoms. The number of methoxy groups -OCH3 is 1. The number of hydrogen-bond donors (Lipinski definition) is 1. The fourth-order valence-electron chi connectivity index (χ4n) is 5.71. The Morgan fingerprint density at radius 1 is 0.953 bits per heavy atom. The highest BCUT2D eigenvalue weighted by Gasteiger charge is 2.32. The molecule has 1 aliphatic carbocycles. The van der Waals surface area contributed by atoms with E-state index in [4.69, 9.17) is 4.74 Å². The van der Waals surface area contributed by atoms with Gasteiger partial charge in [0.15, 0.2) is 0 Å². The van der Waals surface area contributed by atoms with Crippen molar-refractivity contribution in [3.05, 3.63) is 95.6 Å². The smallest absolute Gasteiger partial charge is 0.243 e. The van der Waals surface area contributed by atoms with Crippen LogP contribution in [0.15, 0.2) is 78.9 Å². The molecule has 0 heterocycles. The number of nitrogens with one attached hydrogen (secondary N) is 1. The van der Waals surface area contributed by atoms with Gasteiger partial charge in [0.25, 0.3) is 0 Å². The lowest BCUT2D eigenvalue weighted by atomic mass is 10.0. The van der Waals surface area contributed by atoms with Crippen LogP contribution in [0.1, 0.15) is 55.2 Å². The highest BCUT2D eigenvalue weighted by atomic mass is 32.2. The fourth-order valence-corrected chi connectivity index (χ4v) is 6.74. The molecule has 0 bridgehead atoms. The van der Waals surface area contributed by atoms with Gasteiger partial charge in [-0.05, 0) is 61.1 Å². The Kier molecular flexibility index (Phi) is 11.2. The van der Waals surface area contributed by atoms with Gasteiger partial charge in [-0.3, -0.25) is 13.9 Å². The van der Waals surface area contributed by atoms with Crippen molar-refractivity contribution in [3.8, 4) is 5.75 Å². The lowest BCUT2D eigenvalue weighted by molar-refractivity contribution is -0.141. The van der Waals surface area contributed by atoms with Crippen molar-refractivity contribution in [2.24, 2.45) is 0 Å². The predicted octanol–water partition coefficient (Wildman–Crippen LogP) is 5.25. The third-order valence-corrected chi connectivity index (χ3v) is 9.18. The number of anilines is 1. The Morgan fingerprint density at radius 3 is 2.30 bits per heavy atom. The van der Waals surface area contributed by atoms with E-state index in [1.54, 1.807) is 24.1 Å². The van der Waals surface area contributed by atoms with Crippen molar-refractivity contribution in [3.63, 3.8) is 0 Å². The third kappa shape index (κ3) is 9.07. The minimum Gasteiger partial charge on any atom is -0.497 e. The second-order valence-electron chi connectivity index (χ2n) is 11.3. The molecule has 8 nitrogen and oxygen atoms in total. The first-order valence-electron chi connectivity index (χ1n) is 15.0. The van der Waals surface area contributed by atoms with Gasteiger partial charge in [-0.25, -0.2) is 8.42 Å². The number of hydrogen-bond acceptors (Lipinski definition) is 5. The van der Waals surface area contributed by atoms with Crippen LogP contribution in [0, 0.1) is 6.92 Å². The maximum absolute atomic E-state index is 14.1. The minimum atomic E-state index is -3.57. The van der Waals surface area contributed by atoms with Crippen LogP contribution in [0.2, 0.25) is 0 Å². The van der Waals surface area contributed by atoms with Crippen LogP contribution in [-0.4, -0.2) is 57.1 Å². The summed E-state index contributed by atoms with van der Waals surface area (Å²) >= 11 is 0. The summed E-state index contributed by atoms with van der Waals surface area (Å²) in [5, 5.41) is 3.22. The standard InChI is InChI=1S/C34H43N3O5S/c1-26-13-7-10-20-31(26)37(43(3,40)41)22-12-21-33(38)36(25-28-16-11-19-30(23-28)42-2)32(24-27-14-5-4-6-15-27)34(39)35-29-17-8-9-18-29/h4-7,10-11,13-16,19-20,23,29,32H,8-9,12,17-18,21-22,24-25H2,1-3H3,(H,35,39). The van der Waals surface area contributed by atoms with E-state index in [-0.39, 0.29) is 37.4 Å². The van der Waals surface area contributed by atoms with Crippen molar-refractivity contribution in [1.82, 2.24) is 10.2 Å². The van der Waals surface area contributed by atoms with Gasteiger partial charge in [-0.15, -0.1) is 0 Å². The van der Waals surface area contributed by atoms with Crippen molar-refractivity contribution in [2.75, 3.05) is 24.2 Å². The van der Waals surface area contributed by atoms with Crippen LogP contribution in [0.4, 0.5) is 5.69 Å². The van der Waals surface area contributed by atoms with Crippen LogP contribution < -0.4 is 14.4 Å². The molecule has 2 amide bonds. The predicted molar refractivity (Wildman–Crippen MR) is 170 cm³/mol. The van der Waals surface area contributed by atoms with E-state index < -0.39 is 16.1 Å². The number of amides is 2. The topological polar surface area (TPSA) is 96.0 Å². The number of ether oxygens (including phenoxy) is 1. The van der Waals surface area contributed by atoms with Crippen LogP contribution >= 0.6 is 0 Å². The molecule has 1 N–H and O–H groups in total. The van der Waals surface area contributed by atoms with Gasteiger partial charge >= 0.3 is 0 Å². The minimum absolute atomic E-state index is 0.0872. The van der Waals surface area contributed by atoms with E-state index in [1.807, 2.05) is 73.7 Å². The van der Waals surface area contributed by atoms with E-state index in [1.165, 1.54) is 10.6 Å². The normalized spacial score (nSPS) is 14.2. The van der Waals surface area contributed by atoms with E-state index >= 15 is 0 Å². The number of carbonyl (C=O) groups excluding carboxylic acids is 2. The lowest BCUT2D eigenvalue weighted by Gasteiger charge is -2.33. The van der Waals surface area contributed by atoms with E-state index in [0.29, 0.717) is 24.3 Å². The Morgan fingerprint density at radius 2 is 1.63 bits per heavy atom. The molecule has 1 fully saturated rings. The Labute approximate surface area is 256 Å². The number of carbonyl (C=O) groups is 2. The molecule has 1 atom stereocenters. The molecule has 43 heavy (non-hydrogen) atoms. The average Bonchev–Trinajstić information content (AvgIpc) is 3.50. The zero-order valence-corrected chi connectivity index (χ0v) is 26.2. The number of nitrogens with zero attached hydrogens (tertiary/aromatic N) is 2. The highest BCUT2D eigenvalue weighted by Crippen LogP contribution is 2.24. The van der Waals surface area contributed by atoms with Crippen LogP contribution in [-0.2, 0) is 32.6 Å². The average molecular weight is 606 g/mol. The lowest BCUT2D eigenvalue weighted by Crippen LogP contribution is -2.52. The zero-order valence-electron chi connectivity index (χ0n) is 25.4. The van der Waals surface area contributed by atoms with Gasteiger partial charge in [0.2, 0.25) is 21.8 Å². The molecule has 9 heteroatoms. The molecule has 0 radical (unpaired) electrons. The monoisotopic (exact) mass is 605 g/mol. The summed E-state index contributed by atoms with van der Waals surface area (Å²) in [6.07, 6.45) is 5.98. The molecule has 230 valence electrons. The van der Waals surface area contributed by atoms with Crippen molar-refractivity contribution in [2.45, 2.75) is 70.5 Å². The Bertz CT molecular complexity index is 1470. The summed E-state index contributed by atoms with van der Waals surface area (Å²) in [6, 6.07) is 23.9. The first-order valence-corrected chi connectivity index (χ1v) is 16.8. The van der Waals surface area contributed by atoms with Crippen LogP contribution in [0.25, 0.3) is 0 Å². The molecule has 0 aliphatic heterocycles. The molecule has 0 saturated heterocycles. The van der Waals surface area contributed by atoms with Crippen LogP contribution in [0.3, 0.4) is 0 Å². The summed E-state index contributed by atoms with van der Waals surface area (Å²) in [7, 11) is -1.97. The van der Waals surface area contributed by atoms with Gasteiger partial charge in [-0.1, -0.05) is 73.5 Å². The quantitative estimate of drug-likeness (QED) is 0.271. The summed E-state index contributed by atoms with van der Waals surface area (Å²) in [6.45, 7) is 2.24. The van der Waals surface area contributed by atoms with Crippen molar-refractivity contribution < 1.29 is 22.7 Å². The SMILES string of the molecule is COc1cccc(CN(C(=O)CCCN(c2ccccc2C)S(C)(=O)=O)C(Cc2ccccc2)C(=O)NC2CCCC2)c1. The largest absolute Gasteiger partial charge is 0.497 e. The van der Waals surface area contributed by atoms with Gasteiger partial charge in [0.05, 0.1) is 19.1 Å². The number of rotatable bonds is 14. The summed E-state index contributed by atoms with van der Waals surface area (Å²) in [4.78, 5) is 29.6. The highest BCUT2D eigenvalue weighted by molar-refractivity contribution is 7.92. The summed E-state index contributed by atoms with van der Waals surface area (Å²) in [5.41, 5.74) is 3.24. The molecule has 3 aromatic carbocycles. The molecule has 1 aliphatic rings. The molecule has 4 rings (SSSR count). The summed E-state index contributed by atoms with van der Waals surface area (Å²) in [5.74, 6) is 0.301. The summed E-state index contributed by atoms with van der Waals surface area (Å²) < 4.78 is 32.2. The van der Waals surface area contributed by atoms with E-state index in [2.05, 4.69) is 5.32 Å². The second kappa shape index (κ2) is 15.0. The maximum Gasteiger partial charge on any atom is 0.243 e. The number of aryl methyl sites for hydroxylation is 1. The fraction of sp³-hybridized carbons (Fsp3) is 0.412. The second-order valence-corrected chi connectivity index (χ2v) is 13.2. The molecule has 3 aromatic rings. The van der Waals surface area contributed by atoms with Gasteiger partial charge in [-0.2, -0.15) is 0 Å². The molecule has 0 aromatic heterocycles. The first kappa shape index (κ1) is 32.1. The van der Waals surface area contributed by atoms with Gasteiger partial charge in [0.1, 0.15) is 11.8 Å². The third-order valence-electron chi connectivity index (χ3n) is 8.00. The number of benzene rings is 3. The van der Waals surface area contributed by atoms with E-state index in [9.17, 15) is 18.0 Å². The van der Waals surface area contributed by atoms with Gasteiger partial charge < -0.3 is 15.0 Å². The molecular weight excluding hydrogens is 562 g/mol. The molecule has 1 saturated carbocycles. The maximum atomic E-state index is 14.1. The Balaban J connectivity index is 1.60. The van der Waals surface area contributed by atoms with Gasteiger partial charge in [0, 0.05) is 32.0 Å². The first-order chi connectivity index (χ1) is 20.7. The van der Waals surface area contributed by atoms with Crippen LogP contribution in [0.5, 0.6) is 5.75 Å². The number of sulfonamides is 1.